The number of H-pyrrole nitrogens is 1. The molecule has 2 aromatic carbocycles. The van der Waals surface area contributed by atoms with Crippen molar-refractivity contribution in [3.05, 3.63) is 83.1 Å². The third kappa shape index (κ3) is 4.45. The highest BCUT2D eigenvalue weighted by molar-refractivity contribution is 5.69. The highest BCUT2D eigenvalue weighted by Gasteiger charge is 2.19. The molecule has 0 fully saturated rings. The number of nitrogens with one attached hydrogen (secondary N) is 2. The number of benzene rings is 2. The van der Waals surface area contributed by atoms with Crippen LogP contribution in [0.3, 0.4) is 0 Å². The second kappa shape index (κ2) is 9.52. The first-order chi connectivity index (χ1) is 16.6. The number of anilines is 3. The topological polar surface area (TPSA) is 122 Å². The van der Waals surface area contributed by atoms with E-state index in [1.54, 1.807) is 12.5 Å². The minimum Gasteiger partial charge on any atom is -0.394 e. The number of nitrogens with two attached hydrogens (primary N) is 2. The zero-order valence-corrected chi connectivity index (χ0v) is 19.4. The fourth-order valence-corrected chi connectivity index (χ4v) is 4.54. The second-order valence-corrected chi connectivity index (χ2v) is 8.64. The first-order valence-electron chi connectivity index (χ1n) is 11.6. The number of hydrogen-bond acceptors (Lipinski definition) is 7. The number of hydrogen-bond donors (Lipinski definition) is 4. The quantitative estimate of drug-likeness (QED) is 0.352. The van der Waals surface area contributed by atoms with E-state index in [1.807, 2.05) is 0 Å². The van der Waals surface area contributed by atoms with Gasteiger partial charge in [-0.05, 0) is 40.8 Å². The van der Waals surface area contributed by atoms with E-state index in [4.69, 9.17) is 16.5 Å². The molecule has 0 saturated heterocycles. The van der Waals surface area contributed by atoms with E-state index in [9.17, 15) is 0 Å². The van der Waals surface area contributed by atoms with Gasteiger partial charge in [0.05, 0.1) is 23.9 Å². The summed E-state index contributed by atoms with van der Waals surface area (Å²) in [6, 6.07) is 14.8. The van der Waals surface area contributed by atoms with Gasteiger partial charge in [0, 0.05) is 44.7 Å². The molecule has 0 unspecified atom stereocenters. The largest absolute Gasteiger partial charge is 0.394 e. The van der Waals surface area contributed by atoms with E-state index in [0.29, 0.717) is 24.7 Å². The van der Waals surface area contributed by atoms with Crippen molar-refractivity contribution < 1.29 is 0 Å². The van der Waals surface area contributed by atoms with Gasteiger partial charge in [-0.2, -0.15) is 4.98 Å². The summed E-state index contributed by atoms with van der Waals surface area (Å²) in [6.45, 7) is 4.95. The van der Waals surface area contributed by atoms with Gasteiger partial charge in [0.2, 0.25) is 5.95 Å². The van der Waals surface area contributed by atoms with Gasteiger partial charge in [0.15, 0.2) is 5.82 Å². The Labute approximate surface area is 199 Å². The maximum Gasteiger partial charge on any atom is 0.225 e. The molecule has 4 aromatic rings. The van der Waals surface area contributed by atoms with Gasteiger partial charge in [-0.15, -0.1) is 0 Å². The summed E-state index contributed by atoms with van der Waals surface area (Å²) in [7, 11) is 0. The summed E-state index contributed by atoms with van der Waals surface area (Å²) in [5.41, 5.74) is 20.9. The highest BCUT2D eigenvalue weighted by Crippen LogP contribution is 2.28. The van der Waals surface area contributed by atoms with Crippen molar-refractivity contribution in [1.29, 1.82) is 0 Å². The number of fused-ring (bicyclic) bond motifs is 1. The molecular formula is C26H30N8. The maximum absolute atomic E-state index is 6.26. The molecule has 0 atom stereocenters. The van der Waals surface area contributed by atoms with Crippen LogP contribution < -0.4 is 21.7 Å². The standard InChI is InChI=1S/C26H30N8/c1-17-20(6-3-7-21(17)19-5-2-4-18(12-19)13-27)14-29-26-30-15-22(28)25(33-26)34-10-8-23-24(9-11-34)32-16-31-23/h2-7,12,15-16H,8-11,13-14,27-28H2,1H3,(H,31,32)(H,29,30,33). The van der Waals surface area contributed by atoms with Gasteiger partial charge in [-0.3, -0.25) is 0 Å². The molecular weight excluding hydrogens is 424 g/mol. The monoisotopic (exact) mass is 454 g/mol. The fraction of sp³-hybridized carbons (Fsp3) is 0.269. The summed E-state index contributed by atoms with van der Waals surface area (Å²) >= 11 is 0. The summed E-state index contributed by atoms with van der Waals surface area (Å²) < 4.78 is 0. The molecule has 1 aliphatic heterocycles. The summed E-state index contributed by atoms with van der Waals surface area (Å²) in [5.74, 6) is 1.34. The van der Waals surface area contributed by atoms with Crippen molar-refractivity contribution in [2.24, 2.45) is 5.73 Å². The molecule has 0 bridgehead atoms. The van der Waals surface area contributed by atoms with E-state index in [2.05, 4.69) is 74.6 Å². The number of aromatic amines is 1. The lowest BCUT2D eigenvalue weighted by atomic mass is 9.95. The van der Waals surface area contributed by atoms with E-state index < -0.39 is 0 Å². The van der Waals surface area contributed by atoms with Crippen LogP contribution in [0.15, 0.2) is 55.0 Å². The first-order valence-corrected chi connectivity index (χ1v) is 11.6. The molecule has 174 valence electrons. The Hall–Kier alpha value is -3.91. The number of nitrogens with zero attached hydrogens (tertiary/aromatic N) is 4. The third-order valence-corrected chi connectivity index (χ3v) is 6.51. The van der Waals surface area contributed by atoms with Gasteiger partial charge in [0.1, 0.15) is 0 Å². The lowest BCUT2D eigenvalue weighted by molar-refractivity contribution is 0.780. The Morgan fingerprint density at radius 1 is 1.09 bits per heavy atom. The predicted molar refractivity (Wildman–Crippen MR) is 136 cm³/mol. The van der Waals surface area contributed by atoms with E-state index >= 15 is 0 Å². The molecule has 0 aliphatic carbocycles. The predicted octanol–water partition coefficient (Wildman–Crippen LogP) is 3.43. The Balaban J connectivity index is 1.32. The van der Waals surface area contributed by atoms with Crippen molar-refractivity contribution in [2.75, 3.05) is 29.0 Å². The van der Waals surface area contributed by atoms with Crippen LogP contribution in [0.5, 0.6) is 0 Å². The highest BCUT2D eigenvalue weighted by atomic mass is 15.2. The fourth-order valence-electron chi connectivity index (χ4n) is 4.54. The molecule has 2 aromatic heterocycles. The normalized spacial score (nSPS) is 13.4. The Bertz CT molecular complexity index is 1270. The number of rotatable bonds is 6. The van der Waals surface area contributed by atoms with Crippen LogP contribution in [0.2, 0.25) is 0 Å². The first kappa shape index (κ1) is 21.9. The van der Waals surface area contributed by atoms with Crippen molar-refractivity contribution in [2.45, 2.75) is 32.9 Å². The minimum atomic E-state index is 0.532. The molecule has 8 heteroatoms. The summed E-state index contributed by atoms with van der Waals surface area (Å²) in [6.07, 6.45) is 5.21. The molecule has 0 saturated carbocycles. The summed E-state index contributed by atoms with van der Waals surface area (Å²) in [5, 5.41) is 3.39. The summed E-state index contributed by atoms with van der Waals surface area (Å²) in [4.78, 5) is 19.1. The SMILES string of the molecule is Cc1c(CNc2ncc(N)c(N3CCc4nc[nH]c4CC3)n2)cccc1-c1cccc(CN)c1. The van der Waals surface area contributed by atoms with Crippen LogP contribution >= 0.6 is 0 Å². The third-order valence-electron chi connectivity index (χ3n) is 6.51. The molecule has 8 nitrogen and oxygen atoms in total. The number of nitrogen functional groups attached to an aromatic ring is 1. The molecule has 3 heterocycles. The molecule has 6 N–H and O–H groups in total. The lowest BCUT2D eigenvalue weighted by Gasteiger charge is -2.23. The molecule has 0 amide bonds. The van der Waals surface area contributed by atoms with Crippen LogP contribution in [-0.4, -0.2) is 33.0 Å². The number of aromatic nitrogens is 4. The van der Waals surface area contributed by atoms with E-state index in [1.165, 1.54) is 27.9 Å². The molecule has 5 rings (SSSR count). The van der Waals surface area contributed by atoms with Gasteiger partial charge in [0.25, 0.3) is 0 Å². The Morgan fingerprint density at radius 2 is 1.94 bits per heavy atom. The van der Waals surface area contributed by atoms with Crippen LogP contribution in [-0.2, 0) is 25.9 Å². The average molecular weight is 455 g/mol. The average Bonchev–Trinajstić information content (AvgIpc) is 3.22. The molecule has 0 radical (unpaired) electrons. The Morgan fingerprint density at radius 3 is 2.82 bits per heavy atom. The van der Waals surface area contributed by atoms with Crippen LogP contribution in [0, 0.1) is 6.92 Å². The van der Waals surface area contributed by atoms with Gasteiger partial charge in [-0.25, -0.2) is 9.97 Å². The van der Waals surface area contributed by atoms with E-state index in [0.717, 1.165) is 43.0 Å². The van der Waals surface area contributed by atoms with Crippen molar-refractivity contribution >= 4 is 17.5 Å². The van der Waals surface area contributed by atoms with Crippen LogP contribution in [0.1, 0.15) is 28.1 Å². The zero-order chi connectivity index (χ0) is 23.5. The van der Waals surface area contributed by atoms with Gasteiger partial charge >= 0.3 is 0 Å². The van der Waals surface area contributed by atoms with Crippen molar-refractivity contribution in [3.8, 4) is 11.1 Å². The van der Waals surface area contributed by atoms with Crippen molar-refractivity contribution in [1.82, 2.24) is 19.9 Å². The van der Waals surface area contributed by atoms with Gasteiger partial charge < -0.3 is 26.7 Å². The maximum atomic E-state index is 6.26. The molecule has 1 aliphatic rings. The van der Waals surface area contributed by atoms with Gasteiger partial charge in [-0.1, -0.05) is 36.4 Å². The molecule has 34 heavy (non-hydrogen) atoms. The zero-order valence-electron chi connectivity index (χ0n) is 19.4. The van der Waals surface area contributed by atoms with Crippen molar-refractivity contribution in [3.63, 3.8) is 0 Å². The number of imidazole rings is 1. The molecule has 0 spiro atoms. The second-order valence-electron chi connectivity index (χ2n) is 8.64. The Kier molecular flexibility index (Phi) is 6.14. The van der Waals surface area contributed by atoms with Crippen LogP contribution in [0.25, 0.3) is 11.1 Å². The minimum absolute atomic E-state index is 0.532. The smallest absolute Gasteiger partial charge is 0.225 e. The lowest BCUT2D eigenvalue weighted by Crippen LogP contribution is -2.28. The van der Waals surface area contributed by atoms with E-state index in [-0.39, 0.29) is 0 Å². The van der Waals surface area contributed by atoms with Crippen LogP contribution in [0.4, 0.5) is 17.5 Å².